The smallest absolute Gasteiger partial charge is 0.359 e. The van der Waals surface area contributed by atoms with Crippen molar-refractivity contribution in [2.45, 2.75) is 13.5 Å². The van der Waals surface area contributed by atoms with Gasteiger partial charge < -0.3 is 9.47 Å². The maximum absolute atomic E-state index is 14.4. The molecule has 4 rings (SSSR count). The number of nitrogens with zero attached hydrogens (tertiary/aromatic N) is 1. The Morgan fingerprint density at radius 3 is 2.75 bits per heavy atom. The summed E-state index contributed by atoms with van der Waals surface area (Å²) in [6.07, 6.45) is 0. The van der Waals surface area contributed by atoms with Crippen LogP contribution in [0.25, 0.3) is 21.0 Å². The van der Waals surface area contributed by atoms with Gasteiger partial charge in [0.05, 0.1) is 12.1 Å². The van der Waals surface area contributed by atoms with Gasteiger partial charge in [-0.2, -0.15) is 5.10 Å². The number of ether oxygens (including phenoxy) is 2. The highest BCUT2D eigenvalue weighted by Crippen LogP contribution is 2.34. The van der Waals surface area contributed by atoms with Gasteiger partial charge in [0.2, 0.25) is 0 Å². The Morgan fingerprint density at radius 2 is 1.93 bits per heavy atom. The summed E-state index contributed by atoms with van der Waals surface area (Å²) in [5.41, 5.74) is 1.13. The number of fused-ring (bicyclic) bond motifs is 2. The Labute approximate surface area is 162 Å². The van der Waals surface area contributed by atoms with Crippen LogP contribution in [0, 0.1) is 5.82 Å². The first-order valence-corrected chi connectivity index (χ1v) is 9.39. The molecule has 2 heterocycles. The van der Waals surface area contributed by atoms with Gasteiger partial charge in [-0.05, 0) is 25.1 Å². The summed E-state index contributed by atoms with van der Waals surface area (Å²) in [4.78, 5) is 25.1. The first kappa shape index (κ1) is 18.1. The topological polar surface area (TPSA) is 81.3 Å². The van der Waals surface area contributed by atoms with E-state index in [2.05, 4.69) is 10.2 Å². The molecule has 142 valence electrons. The maximum atomic E-state index is 14.4. The summed E-state index contributed by atoms with van der Waals surface area (Å²) < 4.78 is 25.4. The van der Waals surface area contributed by atoms with Gasteiger partial charge in [0.1, 0.15) is 17.3 Å². The predicted molar refractivity (Wildman–Crippen MR) is 103 cm³/mol. The second-order valence-electron chi connectivity index (χ2n) is 5.94. The average molecular weight is 398 g/mol. The summed E-state index contributed by atoms with van der Waals surface area (Å²) in [7, 11) is 0. The highest BCUT2D eigenvalue weighted by Gasteiger charge is 2.24. The van der Waals surface area contributed by atoms with Crippen LogP contribution >= 0.6 is 11.3 Å². The van der Waals surface area contributed by atoms with Crippen molar-refractivity contribution >= 4 is 44.3 Å². The Balaban J connectivity index is 1.68. The third-order valence-corrected chi connectivity index (χ3v) is 5.41. The second-order valence-corrected chi connectivity index (χ2v) is 6.99. The van der Waals surface area contributed by atoms with E-state index in [-0.39, 0.29) is 29.2 Å². The minimum atomic E-state index is -0.664. The van der Waals surface area contributed by atoms with Gasteiger partial charge in [0.15, 0.2) is 5.69 Å². The molecule has 0 aliphatic heterocycles. The third kappa shape index (κ3) is 3.11. The Morgan fingerprint density at radius 1 is 1.11 bits per heavy atom. The molecule has 6 nitrogen and oxygen atoms in total. The zero-order valence-electron chi connectivity index (χ0n) is 14.8. The molecule has 0 amide bonds. The van der Waals surface area contributed by atoms with Crippen LogP contribution in [0.2, 0.25) is 0 Å². The molecular formula is C20H15FN2O4S. The van der Waals surface area contributed by atoms with Crippen LogP contribution in [-0.2, 0) is 16.1 Å². The number of nitrogens with one attached hydrogen (secondary N) is 1. The Kier molecular flexibility index (Phi) is 4.79. The largest absolute Gasteiger partial charge is 0.462 e. The maximum Gasteiger partial charge on any atom is 0.359 e. The molecule has 0 saturated heterocycles. The van der Waals surface area contributed by atoms with Crippen molar-refractivity contribution in [2.75, 3.05) is 6.61 Å². The number of carbonyl (C=O) groups is 2. The molecule has 0 saturated carbocycles. The van der Waals surface area contributed by atoms with Gasteiger partial charge in [-0.1, -0.05) is 24.3 Å². The number of carbonyl (C=O) groups excluding carboxylic acids is 2. The van der Waals surface area contributed by atoms with E-state index < -0.39 is 17.8 Å². The summed E-state index contributed by atoms with van der Waals surface area (Å²) in [6, 6.07) is 11.7. The molecular weight excluding hydrogens is 383 g/mol. The van der Waals surface area contributed by atoms with E-state index in [4.69, 9.17) is 9.47 Å². The van der Waals surface area contributed by atoms with E-state index in [1.807, 2.05) is 6.07 Å². The van der Waals surface area contributed by atoms with Gasteiger partial charge in [0.25, 0.3) is 0 Å². The minimum Gasteiger partial charge on any atom is -0.462 e. The monoisotopic (exact) mass is 398 g/mol. The van der Waals surface area contributed by atoms with Gasteiger partial charge in [-0.15, -0.1) is 11.3 Å². The van der Waals surface area contributed by atoms with Crippen LogP contribution in [0.15, 0.2) is 42.5 Å². The summed E-state index contributed by atoms with van der Waals surface area (Å²) in [5, 5.41) is 7.65. The fourth-order valence-electron chi connectivity index (χ4n) is 2.99. The molecule has 0 aliphatic carbocycles. The molecule has 0 aliphatic rings. The van der Waals surface area contributed by atoms with Crippen molar-refractivity contribution in [3.63, 3.8) is 0 Å². The van der Waals surface area contributed by atoms with Gasteiger partial charge >= 0.3 is 11.9 Å². The van der Waals surface area contributed by atoms with Crippen molar-refractivity contribution in [2.24, 2.45) is 0 Å². The number of para-hydroxylation sites is 1. The molecule has 0 bridgehead atoms. The number of H-pyrrole nitrogens is 1. The summed E-state index contributed by atoms with van der Waals surface area (Å²) in [5.74, 6) is -1.72. The van der Waals surface area contributed by atoms with E-state index in [1.165, 1.54) is 6.07 Å². The van der Waals surface area contributed by atoms with Crippen LogP contribution < -0.4 is 0 Å². The Bertz CT molecular complexity index is 1200. The average Bonchev–Trinajstić information content (AvgIpc) is 3.29. The number of benzene rings is 2. The van der Waals surface area contributed by atoms with E-state index in [0.717, 1.165) is 11.3 Å². The fourth-order valence-corrected chi connectivity index (χ4v) is 4.11. The quantitative estimate of drug-likeness (QED) is 0.502. The number of aromatic nitrogens is 2. The van der Waals surface area contributed by atoms with Crippen LogP contribution in [0.4, 0.5) is 4.39 Å². The lowest BCUT2D eigenvalue weighted by atomic mass is 10.1. The number of halogens is 1. The zero-order chi connectivity index (χ0) is 19.7. The zero-order valence-corrected chi connectivity index (χ0v) is 15.6. The van der Waals surface area contributed by atoms with Crippen LogP contribution in [-0.4, -0.2) is 28.7 Å². The summed E-state index contributed by atoms with van der Waals surface area (Å²) >= 11 is 1.11. The molecule has 28 heavy (non-hydrogen) atoms. The lowest BCUT2D eigenvalue weighted by molar-refractivity contribution is 0.0450. The Hall–Kier alpha value is -3.26. The van der Waals surface area contributed by atoms with Gasteiger partial charge in [-0.3, -0.25) is 5.10 Å². The van der Waals surface area contributed by atoms with Crippen molar-refractivity contribution in [1.82, 2.24) is 10.2 Å². The first-order chi connectivity index (χ1) is 13.6. The highest BCUT2D eigenvalue weighted by molar-refractivity contribution is 7.21. The lowest BCUT2D eigenvalue weighted by Crippen LogP contribution is -2.10. The molecule has 4 aromatic rings. The van der Waals surface area contributed by atoms with Crippen molar-refractivity contribution in [3.8, 4) is 0 Å². The van der Waals surface area contributed by atoms with Crippen molar-refractivity contribution < 1.29 is 23.5 Å². The fraction of sp³-hybridized carbons (Fsp3) is 0.150. The number of hydrogen-bond donors (Lipinski definition) is 1. The molecule has 2 aromatic carbocycles. The van der Waals surface area contributed by atoms with E-state index in [0.29, 0.717) is 21.2 Å². The highest BCUT2D eigenvalue weighted by atomic mass is 32.1. The van der Waals surface area contributed by atoms with E-state index >= 15 is 0 Å². The third-order valence-electron chi connectivity index (χ3n) is 4.24. The van der Waals surface area contributed by atoms with Crippen LogP contribution in [0.5, 0.6) is 0 Å². The van der Waals surface area contributed by atoms with Crippen LogP contribution in [0.3, 0.4) is 0 Å². The van der Waals surface area contributed by atoms with Gasteiger partial charge in [0, 0.05) is 21.0 Å². The predicted octanol–water partition coefficient (Wildman–Crippen LogP) is 4.45. The van der Waals surface area contributed by atoms with Crippen LogP contribution in [0.1, 0.15) is 32.6 Å². The number of aromatic amines is 1. The standard InChI is InChI=1S/C20H15FN2O4S/c1-2-26-20(25)18-12(16-13(21)7-5-9-15(16)28-18)10-27-19(24)17-11-6-3-4-8-14(11)22-23-17/h3-9H,2,10H2,1H3,(H,22,23). The molecule has 8 heteroatoms. The molecule has 0 atom stereocenters. The molecule has 0 unspecified atom stereocenters. The van der Waals surface area contributed by atoms with E-state index in [9.17, 15) is 14.0 Å². The summed E-state index contributed by atoms with van der Waals surface area (Å²) in [6.45, 7) is 1.61. The lowest BCUT2D eigenvalue weighted by Gasteiger charge is -2.06. The SMILES string of the molecule is CCOC(=O)c1sc2cccc(F)c2c1COC(=O)c1n[nH]c2ccccc12. The molecule has 1 N–H and O–H groups in total. The van der Waals surface area contributed by atoms with Gasteiger partial charge in [-0.25, -0.2) is 14.0 Å². The molecule has 0 fully saturated rings. The van der Waals surface area contributed by atoms with Crippen molar-refractivity contribution in [3.05, 3.63) is 64.4 Å². The molecule has 0 radical (unpaired) electrons. The number of rotatable bonds is 5. The normalized spacial score (nSPS) is 11.1. The first-order valence-electron chi connectivity index (χ1n) is 8.57. The number of thiophene rings is 1. The minimum absolute atomic E-state index is 0.133. The number of esters is 2. The molecule has 2 aromatic heterocycles. The van der Waals surface area contributed by atoms with Crippen molar-refractivity contribution in [1.29, 1.82) is 0 Å². The molecule has 0 spiro atoms. The van der Waals surface area contributed by atoms with E-state index in [1.54, 1.807) is 37.3 Å². The second kappa shape index (κ2) is 7.40. The number of hydrogen-bond acceptors (Lipinski definition) is 6.